The molecule has 1 N–H and O–H groups in total. The molecule has 1 saturated heterocycles. The first-order valence-corrected chi connectivity index (χ1v) is 11.8. The quantitative estimate of drug-likeness (QED) is 0.797. The van der Waals surface area contributed by atoms with Gasteiger partial charge in [-0.3, -0.25) is 9.59 Å². The molecular weight excluding hydrogens is 376 g/mol. The molecule has 5 nitrogen and oxygen atoms in total. The molecule has 2 heterocycles. The molecule has 1 aromatic carbocycles. The molecule has 1 saturated carbocycles. The summed E-state index contributed by atoms with van der Waals surface area (Å²) in [6.07, 6.45) is 8.79. The van der Waals surface area contributed by atoms with Crippen LogP contribution in [0.15, 0.2) is 24.3 Å². The zero-order valence-electron chi connectivity index (χ0n) is 18.5. The molecule has 0 aromatic heterocycles. The topological polar surface area (TPSA) is 58.6 Å². The largest absolute Gasteiger partial charge is 0.487 e. The van der Waals surface area contributed by atoms with Gasteiger partial charge < -0.3 is 15.0 Å². The smallest absolute Gasteiger partial charge is 0.225 e. The number of likely N-dealkylation sites (tertiary alicyclic amines) is 1. The number of amides is 2. The number of benzene rings is 1. The minimum absolute atomic E-state index is 0.103. The fourth-order valence-corrected chi connectivity index (χ4v) is 5.58. The Balaban J connectivity index is 1.44. The van der Waals surface area contributed by atoms with Gasteiger partial charge in [0, 0.05) is 50.2 Å². The Kier molecular flexibility index (Phi) is 6.35. The van der Waals surface area contributed by atoms with E-state index in [-0.39, 0.29) is 29.4 Å². The van der Waals surface area contributed by atoms with E-state index >= 15 is 0 Å². The van der Waals surface area contributed by atoms with Crippen LogP contribution in [0.3, 0.4) is 0 Å². The van der Waals surface area contributed by atoms with E-state index in [1.165, 1.54) is 19.3 Å². The van der Waals surface area contributed by atoms with E-state index in [1.807, 2.05) is 32.0 Å². The highest BCUT2D eigenvalue weighted by molar-refractivity contribution is 5.79. The minimum atomic E-state index is -0.263. The van der Waals surface area contributed by atoms with Crippen molar-refractivity contribution in [3.8, 4) is 5.75 Å². The summed E-state index contributed by atoms with van der Waals surface area (Å²) < 4.78 is 6.56. The highest BCUT2D eigenvalue weighted by Crippen LogP contribution is 2.46. The lowest BCUT2D eigenvalue weighted by Gasteiger charge is -2.47. The van der Waals surface area contributed by atoms with Crippen LogP contribution in [0, 0.1) is 5.92 Å². The third kappa shape index (κ3) is 4.65. The van der Waals surface area contributed by atoms with Gasteiger partial charge in [-0.1, -0.05) is 37.5 Å². The van der Waals surface area contributed by atoms with Gasteiger partial charge in [-0.05, 0) is 44.7 Å². The van der Waals surface area contributed by atoms with Crippen molar-refractivity contribution in [2.45, 2.75) is 89.2 Å². The first kappa shape index (κ1) is 21.2. The van der Waals surface area contributed by atoms with Gasteiger partial charge in [0.25, 0.3) is 0 Å². The Labute approximate surface area is 180 Å². The maximum absolute atomic E-state index is 13.0. The Morgan fingerprint density at radius 1 is 1.13 bits per heavy atom. The third-order valence-electron chi connectivity index (χ3n) is 7.13. The molecule has 2 fully saturated rings. The van der Waals surface area contributed by atoms with E-state index in [0.717, 1.165) is 56.5 Å². The molecule has 1 aromatic rings. The van der Waals surface area contributed by atoms with Crippen LogP contribution < -0.4 is 10.1 Å². The monoisotopic (exact) mass is 412 g/mol. The maximum atomic E-state index is 13.0. The molecule has 164 valence electrons. The van der Waals surface area contributed by atoms with Gasteiger partial charge >= 0.3 is 0 Å². The Morgan fingerprint density at radius 2 is 1.83 bits per heavy atom. The van der Waals surface area contributed by atoms with Crippen molar-refractivity contribution >= 4 is 11.8 Å². The number of piperidine rings is 1. The predicted molar refractivity (Wildman–Crippen MR) is 117 cm³/mol. The molecule has 1 aliphatic carbocycles. The number of fused-ring (bicyclic) bond motifs is 1. The van der Waals surface area contributed by atoms with E-state index in [0.29, 0.717) is 12.3 Å². The van der Waals surface area contributed by atoms with Crippen molar-refractivity contribution in [2.24, 2.45) is 5.92 Å². The lowest BCUT2D eigenvalue weighted by atomic mass is 9.76. The Morgan fingerprint density at radius 3 is 2.53 bits per heavy atom. The van der Waals surface area contributed by atoms with E-state index in [1.54, 1.807) is 0 Å². The molecule has 2 aliphatic heterocycles. The lowest BCUT2D eigenvalue weighted by molar-refractivity contribution is -0.140. The number of hydrogen-bond acceptors (Lipinski definition) is 3. The summed E-state index contributed by atoms with van der Waals surface area (Å²) in [6, 6.07) is 8.31. The summed E-state index contributed by atoms with van der Waals surface area (Å²) in [4.78, 5) is 27.6. The van der Waals surface area contributed by atoms with Crippen LogP contribution in [0.1, 0.15) is 83.1 Å². The second-order valence-corrected chi connectivity index (χ2v) is 9.81. The molecule has 1 spiro atoms. The number of carbonyl (C=O) groups excluding carboxylic acids is 2. The Hall–Kier alpha value is -2.04. The van der Waals surface area contributed by atoms with Crippen molar-refractivity contribution in [3.05, 3.63) is 29.8 Å². The number of rotatable bonds is 4. The first-order valence-electron chi connectivity index (χ1n) is 11.8. The van der Waals surface area contributed by atoms with Crippen molar-refractivity contribution in [3.63, 3.8) is 0 Å². The minimum Gasteiger partial charge on any atom is -0.487 e. The molecule has 30 heavy (non-hydrogen) atoms. The van der Waals surface area contributed by atoms with Crippen LogP contribution in [-0.4, -0.2) is 41.4 Å². The van der Waals surface area contributed by atoms with Crippen LogP contribution in [0.25, 0.3) is 0 Å². The van der Waals surface area contributed by atoms with Crippen molar-refractivity contribution < 1.29 is 14.3 Å². The molecule has 4 rings (SSSR count). The van der Waals surface area contributed by atoms with Gasteiger partial charge in [0.1, 0.15) is 11.4 Å². The van der Waals surface area contributed by atoms with E-state index < -0.39 is 0 Å². The number of carbonyl (C=O) groups is 2. The summed E-state index contributed by atoms with van der Waals surface area (Å²) in [5, 5.41) is 3.04. The van der Waals surface area contributed by atoms with Crippen LogP contribution in [0.4, 0.5) is 0 Å². The summed E-state index contributed by atoms with van der Waals surface area (Å²) in [6.45, 7) is 5.53. The number of ether oxygens (including phenoxy) is 1. The van der Waals surface area contributed by atoms with Gasteiger partial charge in [-0.25, -0.2) is 0 Å². The molecule has 0 radical (unpaired) electrons. The third-order valence-corrected chi connectivity index (χ3v) is 7.13. The second-order valence-electron chi connectivity index (χ2n) is 9.81. The van der Waals surface area contributed by atoms with Crippen molar-refractivity contribution in [1.29, 1.82) is 0 Å². The fourth-order valence-electron chi connectivity index (χ4n) is 5.58. The summed E-state index contributed by atoms with van der Waals surface area (Å²) in [5.74, 6) is 1.76. The van der Waals surface area contributed by atoms with Gasteiger partial charge in [-0.15, -0.1) is 0 Å². The number of nitrogens with zero attached hydrogens (tertiary/aromatic N) is 1. The van der Waals surface area contributed by atoms with Crippen LogP contribution in [-0.2, 0) is 9.59 Å². The first-order chi connectivity index (χ1) is 14.5. The standard InChI is InChI=1S/C25H36N2O3/c1-18(2)26-23(28)16-20-17-25(30-22-11-7-6-10-21(20)22)12-14-27(15-13-25)24(29)19-8-4-3-5-9-19/h6-7,10-11,18-20H,3-5,8-9,12-17H2,1-2H3,(H,26,28)/t20-/m0/s1. The number of para-hydroxylation sites is 1. The summed E-state index contributed by atoms with van der Waals surface area (Å²) in [5.41, 5.74) is 0.878. The van der Waals surface area contributed by atoms with E-state index in [2.05, 4.69) is 16.3 Å². The molecule has 0 bridgehead atoms. The van der Waals surface area contributed by atoms with Crippen LogP contribution in [0.5, 0.6) is 5.75 Å². The van der Waals surface area contributed by atoms with Crippen LogP contribution >= 0.6 is 0 Å². The van der Waals surface area contributed by atoms with Gasteiger partial charge in [0.05, 0.1) is 0 Å². The molecule has 5 heteroatoms. The molecule has 0 unspecified atom stereocenters. The Bertz CT molecular complexity index is 761. The molecule has 1 atom stereocenters. The average molecular weight is 413 g/mol. The normalized spacial score (nSPS) is 23.7. The highest BCUT2D eigenvalue weighted by atomic mass is 16.5. The zero-order chi connectivity index (χ0) is 21.1. The SMILES string of the molecule is CC(C)NC(=O)C[C@H]1CC2(CCN(C(=O)C3CCCCC3)CC2)Oc2ccccc21. The van der Waals surface area contributed by atoms with Crippen molar-refractivity contribution in [1.82, 2.24) is 10.2 Å². The summed E-state index contributed by atoms with van der Waals surface area (Å²) >= 11 is 0. The number of hydrogen-bond donors (Lipinski definition) is 1. The van der Waals surface area contributed by atoms with Gasteiger partial charge in [0.2, 0.25) is 11.8 Å². The molecular formula is C25H36N2O3. The second kappa shape index (κ2) is 8.99. The lowest BCUT2D eigenvalue weighted by Crippen LogP contribution is -2.53. The van der Waals surface area contributed by atoms with E-state index in [9.17, 15) is 9.59 Å². The fraction of sp³-hybridized carbons (Fsp3) is 0.680. The van der Waals surface area contributed by atoms with Crippen LogP contribution in [0.2, 0.25) is 0 Å². The highest BCUT2D eigenvalue weighted by Gasteiger charge is 2.44. The van der Waals surface area contributed by atoms with E-state index in [4.69, 9.17) is 4.74 Å². The molecule has 2 amide bonds. The average Bonchev–Trinajstić information content (AvgIpc) is 2.74. The molecule has 3 aliphatic rings. The van der Waals surface area contributed by atoms with Gasteiger partial charge in [0.15, 0.2) is 0 Å². The predicted octanol–water partition coefficient (Wildman–Crippen LogP) is 4.41. The van der Waals surface area contributed by atoms with Crippen molar-refractivity contribution in [2.75, 3.05) is 13.1 Å². The number of nitrogens with one attached hydrogen (secondary N) is 1. The maximum Gasteiger partial charge on any atom is 0.225 e. The van der Waals surface area contributed by atoms with Gasteiger partial charge in [-0.2, -0.15) is 0 Å². The summed E-state index contributed by atoms with van der Waals surface area (Å²) in [7, 11) is 0. The zero-order valence-corrected chi connectivity index (χ0v) is 18.5.